The molecule has 0 unspecified atom stereocenters. The van der Waals surface area contributed by atoms with Crippen molar-refractivity contribution in [3.8, 4) is 11.4 Å². The molecule has 1 amide bonds. The molecule has 0 fully saturated rings. The van der Waals surface area contributed by atoms with Crippen molar-refractivity contribution in [3.63, 3.8) is 0 Å². The van der Waals surface area contributed by atoms with E-state index in [-0.39, 0.29) is 11.5 Å². The fourth-order valence-electron chi connectivity index (χ4n) is 2.07. The maximum atomic E-state index is 14.1. The van der Waals surface area contributed by atoms with Crippen LogP contribution < -0.4 is 5.32 Å². The number of amides is 1. The van der Waals surface area contributed by atoms with Crippen LogP contribution in [0.25, 0.3) is 22.4 Å². The van der Waals surface area contributed by atoms with Crippen molar-refractivity contribution in [2.45, 2.75) is 0 Å². The van der Waals surface area contributed by atoms with Crippen LogP contribution in [0.4, 0.5) is 4.39 Å². The summed E-state index contributed by atoms with van der Waals surface area (Å²) in [7, 11) is 1.51. The topological polar surface area (TPSA) is 57.8 Å². The Bertz CT molecular complexity index is 762. The van der Waals surface area contributed by atoms with Crippen LogP contribution in [-0.2, 0) is 0 Å². The quantitative estimate of drug-likeness (QED) is 0.751. The summed E-state index contributed by atoms with van der Waals surface area (Å²) in [6.07, 6.45) is 0. The molecule has 0 atom stereocenters. The number of imidazole rings is 1. The maximum Gasteiger partial charge on any atom is 0.251 e. The highest BCUT2D eigenvalue weighted by Gasteiger charge is 2.12. The Hall–Kier alpha value is -2.69. The zero-order valence-corrected chi connectivity index (χ0v) is 10.8. The van der Waals surface area contributed by atoms with Gasteiger partial charge in [0.15, 0.2) is 0 Å². The molecule has 0 saturated carbocycles. The standard InChI is InChI=1S/C15H12FN3O/c1-17-15(20)9-6-7-10(11(16)8-9)14-18-12-4-2-3-5-13(12)19-14/h2-8H,1H3,(H,17,20)(H,18,19). The van der Waals surface area contributed by atoms with E-state index in [1.807, 2.05) is 24.3 Å². The number of halogens is 1. The Morgan fingerprint density at radius 3 is 2.75 bits per heavy atom. The molecule has 0 radical (unpaired) electrons. The molecule has 1 heterocycles. The van der Waals surface area contributed by atoms with Crippen molar-refractivity contribution in [2.24, 2.45) is 0 Å². The van der Waals surface area contributed by atoms with Gasteiger partial charge in [-0.1, -0.05) is 12.1 Å². The van der Waals surface area contributed by atoms with Crippen LogP contribution in [0, 0.1) is 5.82 Å². The number of H-pyrrole nitrogens is 1. The van der Waals surface area contributed by atoms with Crippen molar-refractivity contribution in [1.82, 2.24) is 15.3 Å². The summed E-state index contributed by atoms with van der Waals surface area (Å²) in [6, 6.07) is 11.8. The van der Waals surface area contributed by atoms with Crippen LogP contribution in [0.3, 0.4) is 0 Å². The van der Waals surface area contributed by atoms with Gasteiger partial charge in [-0.3, -0.25) is 4.79 Å². The van der Waals surface area contributed by atoms with E-state index in [0.717, 1.165) is 11.0 Å². The van der Waals surface area contributed by atoms with Crippen molar-refractivity contribution in [3.05, 3.63) is 53.8 Å². The Kier molecular flexibility index (Phi) is 2.95. The molecule has 0 aliphatic carbocycles. The molecule has 3 rings (SSSR count). The third-order valence-electron chi connectivity index (χ3n) is 3.10. The highest BCUT2D eigenvalue weighted by atomic mass is 19.1. The lowest BCUT2D eigenvalue weighted by molar-refractivity contribution is 0.0962. The first kappa shape index (κ1) is 12.3. The second kappa shape index (κ2) is 4.77. The van der Waals surface area contributed by atoms with Gasteiger partial charge in [-0.15, -0.1) is 0 Å². The van der Waals surface area contributed by atoms with E-state index in [0.29, 0.717) is 11.4 Å². The van der Waals surface area contributed by atoms with Crippen molar-refractivity contribution < 1.29 is 9.18 Å². The summed E-state index contributed by atoms with van der Waals surface area (Å²) in [4.78, 5) is 18.9. The van der Waals surface area contributed by atoms with E-state index in [2.05, 4.69) is 15.3 Å². The molecule has 0 aliphatic heterocycles. The average molecular weight is 269 g/mol. The number of nitrogens with zero attached hydrogens (tertiary/aromatic N) is 1. The van der Waals surface area contributed by atoms with Gasteiger partial charge in [0, 0.05) is 12.6 Å². The molecule has 4 nitrogen and oxygen atoms in total. The van der Waals surface area contributed by atoms with Gasteiger partial charge < -0.3 is 10.3 Å². The lowest BCUT2D eigenvalue weighted by Crippen LogP contribution is -2.17. The first-order valence-corrected chi connectivity index (χ1v) is 6.16. The van der Waals surface area contributed by atoms with E-state index in [9.17, 15) is 9.18 Å². The third kappa shape index (κ3) is 2.03. The summed E-state index contributed by atoms with van der Waals surface area (Å²) in [6.45, 7) is 0. The van der Waals surface area contributed by atoms with E-state index < -0.39 is 5.82 Å². The van der Waals surface area contributed by atoms with Crippen LogP contribution in [0.5, 0.6) is 0 Å². The van der Waals surface area contributed by atoms with Crippen molar-refractivity contribution in [1.29, 1.82) is 0 Å². The number of benzene rings is 2. The molecule has 0 saturated heterocycles. The number of hydrogen-bond acceptors (Lipinski definition) is 2. The lowest BCUT2D eigenvalue weighted by Gasteiger charge is -2.03. The van der Waals surface area contributed by atoms with Gasteiger partial charge in [-0.25, -0.2) is 9.37 Å². The summed E-state index contributed by atoms with van der Waals surface area (Å²) < 4.78 is 14.1. The Morgan fingerprint density at radius 2 is 2.05 bits per heavy atom. The molecule has 100 valence electrons. The number of aromatic nitrogens is 2. The van der Waals surface area contributed by atoms with Crippen LogP contribution in [0.2, 0.25) is 0 Å². The summed E-state index contributed by atoms with van der Waals surface area (Å²) in [5.41, 5.74) is 2.24. The zero-order chi connectivity index (χ0) is 14.1. The van der Waals surface area contributed by atoms with Crippen LogP contribution in [-0.4, -0.2) is 22.9 Å². The number of nitrogens with one attached hydrogen (secondary N) is 2. The van der Waals surface area contributed by atoms with Gasteiger partial charge in [-0.05, 0) is 30.3 Å². The molecule has 0 spiro atoms. The molecule has 0 aliphatic rings. The molecule has 1 aromatic heterocycles. The van der Waals surface area contributed by atoms with E-state index in [4.69, 9.17) is 0 Å². The summed E-state index contributed by atoms with van der Waals surface area (Å²) in [5, 5.41) is 2.46. The fraction of sp³-hybridized carbons (Fsp3) is 0.0667. The van der Waals surface area contributed by atoms with E-state index >= 15 is 0 Å². The largest absolute Gasteiger partial charge is 0.355 e. The predicted octanol–water partition coefficient (Wildman–Crippen LogP) is 2.73. The summed E-state index contributed by atoms with van der Waals surface area (Å²) in [5.74, 6) is -0.350. The minimum atomic E-state index is -0.481. The molecule has 20 heavy (non-hydrogen) atoms. The van der Waals surface area contributed by atoms with Gasteiger partial charge in [0.2, 0.25) is 0 Å². The van der Waals surface area contributed by atoms with E-state index in [1.54, 1.807) is 12.1 Å². The normalized spacial score (nSPS) is 10.7. The van der Waals surface area contributed by atoms with Crippen LogP contribution in [0.1, 0.15) is 10.4 Å². The molecular weight excluding hydrogens is 257 g/mol. The molecule has 3 aromatic rings. The Morgan fingerprint density at radius 1 is 1.25 bits per heavy atom. The number of hydrogen-bond donors (Lipinski definition) is 2. The molecule has 0 bridgehead atoms. The highest BCUT2D eigenvalue weighted by Crippen LogP contribution is 2.23. The van der Waals surface area contributed by atoms with Crippen molar-refractivity contribution >= 4 is 16.9 Å². The Labute approximate surface area is 114 Å². The fourth-order valence-corrected chi connectivity index (χ4v) is 2.07. The third-order valence-corrected chi connectivity index (χ3v) is 3.10. The van der Waals surface area contributed by atoms with E-state index in [1.165, 1.54) is 13.1 Å². The molecule has 2 N–H and O–H groups in total. The monoisotopic (exact) mass is 269 g/mol. The lowest BCUT2D eigenvalue weighted by atomic mass is 10.1. The first-order chi connectivity index (χ1) is 9.69. The van der Waals surface area contributed by atoms with Gasteiger partial charge in [0.05, 0.1) is 16.6 Å². The molecule has 5 heteroatoms. The first-order valence-electron chi connectivity index (χ1n) is 6.16. The van der Waals surface area contributed by atoms with Gasteiger partial charge in [0.1, 0.15) is 11.6 Å². The molecular formula is C15H12FN3O. The number of para-hydroxylation sites is 2. The average Bonchev–Trinajstić information content (AvgIpc) is 2.89. The van der Waals surface area contributed by atoms with Crippen LogP contribution in [0.15, 0.2) is 42.5 Å². The van der Waals surface area contributed by atoms with Gasteiger partial charge in [-0.2, -0.15) is 0 Å². The summed E-state index contributed by atoms with van der Waals surface area (Å²) >= 11 is 0. The number of fused-ring (bicyclic) bond motifs is 1. The van der Waals surface area contributed by atoms with Gasteiger partial charge in [0.25, 0.3) is 5.91 Å². The Balaban J connectivity index is 2.07. The van der Waals surface area contributed by atoms with Crippen molar-refractivity contribution in [2.75, 3.05) is 7.05 Å². The maximum absolute atomic E-state index is 14.1. The number of carbonyl (C=O) groups is 1. The second-order valence-corrected chi connectivity index (χ2v) is 4.38. The number of rotatable bonds is 2. The minimum absolute atomic E-state index is 0.282. The predicted molar refractivity (Wildman–Crippen MR) is 74.9 cm³/mol. The molecule has 2 aromatic carbocycles. The number of aromatic amines is 1. The zero-order valence-electron chi connectivity index (χ0n) is 10.8. The minimum Gasteiger partial charge on any atom is -0.355 e. The highest BCUT2D eigenvalue weighted by molar-refractivity contribution is 5.94. The SMILES string of the molecule is CNC(=O)c1ccc(-c2nc3ccccc3[nH]2)c(F)c1. The smallest absolute Gasteiger partial charge is 0.251 e. The second-order valence-electron chi connectivity index (χ2n) is 4.38. The van der Waals surface area contributed by atoms with Crippen LogP contribution >= 0.6 is 0 Å². The number of carbonyl (C=O) groups excluding carboxylic acids is 1. The van der Waals surface area contributed by atoms with Gasteiger partial charge >= 0.3 is 0 Å².